The highest BCUT2D eigenvalue weighted by atomic mass is 32.2. The lowest BCUT2D eigenvalue weighted by Gasteiger charge is -2.33. The number of hydrogen-bond donors (Lipinski definition) is 1. The van der Waals surface area contributed by atoms with Gasteiger partial charge in [0.25, 0.3) is 0 Å². The Morgan fingerprint density at radius 1 is 1.28 bits per heavy atom. The van der Waals surface area contributed by atoms with Gasteiger partial charge in [-0.2, -0.15) is 4.31 Å². The van der Waals surface area contributed by atoms with E-state index in [1.807, 2.05) is 0 Å². The molecule has 0 aromatic rings. The van der Waals surface area contributed by atoms with Crippen LogP contribution in [0, 0.1) is 5.92 Å². The maximum absolute atomic E-state index is 11.8. The van der Waals surface area contributed by atoms with Crippen molar-refractivity contribution in [1.82, 2.24) is 4.31 Å². The quantitative estimate of drug-likeness (QED) is 0.727. The smallest absolute Gasteiger partial charge is 0.214 e. The fourth-order valence-electron chi connectivity index (χ4n) is 2.92. The molecule has 1 N–H and O–H groups in total. The molecule has 0 spiro atoms. The monoisotopic (exact) mass is 273 g/mol. The number of rotatable bonds is 4. The Balaban J connectivity index is 1.78. The van der Waals surface area contributed by atoms with Crippen LogP contribution >= 0.6 is 0 Å². The number of allylic oxidation sites excluding steroid dienone is 2. The van der Waals surface area contributed by atoms with E-state index in [-0.39, 0.29) is 5.75 Å². The molecule has 1 aliphatic carbocycles. The molecule has 0 bridgehead atoms. The highest BCUT2D eigenvalue weighted by Crippen LogP contribution is 2.16. The maximum Gasteiger partial charge on any atom is 0.214 e. The number of quaternary nitrogens is 1. The Labute approximate surface area is 111 Å². The molecule has 1 fully saturated rings. The average molecular weight is 273 g/mol. The van der Waals surface area contributed by atoms with Gasteiger partial charge in [0.05, 0.1) is 38.5 Å². The van der Waals surface area contributed by atoms with Gasteiger partial charge in [0.1, 0.15) is 0 Å². The summed E-state index contributed by atoms with van der Waals surface area (Å²) in [4.78, 5) is 1.58. The van der Waals surface area contributed by atoms with Crippen molar-refractivity contribution in [1.29, 1.82) is 0 Å². The number of nitrogens with one attached hydrogen (secondary N) is 1. The Bertz CT molecular complexity index is 384. The van der Waals surface area contributed by atoms with Crippen molar-refractivity contribution in [3.8, 4) is 0 Å². The Kier molecular flexibility index (Phi) is 4.81. The molecule has 0 saturated carbocycles. The summed E-state index contributed by atoms with van der Waals surface area (Å²) in [6.45, 7) is 6.29. The molecule has 4 nitrogen and oxygen atoms in total. The second kappa shape index (κ2) is 6.17. The largest absolute Gasteiger partial charge is 0.333 e. The van der Waals surface area contributed by atoms with Crippen LogP contribution in [0.15, 0.2) is 12.2 Å². The summed E-state index contributed by atoms with van der Waals surface area (Å²) in [6.07, 6.45) is 8.30. The van der Waals surface area contributed by atoms with Gasteiger partial charge in [-0.15, -0.1) is 0 Å². The highest BCUT2D eigenvalue weighted by molar-refractivity contribution is 7.89. The third-order valence-corrected chi connectivity index (χ3v) is 6.02. The van der Waals surface area contributed by atoms with Crippen LogP contribution < -0.4 is 4.90 Å². The van der Waals surface area contributed by atoms with E-state index in [1.54, 1.807) is 16.1 Å². The summed E-state index contributed by atoms with van der Waals surface area (Å²) >= 11 is 0. The fourth-order valence-corrected chi connectivity index (χ4v) is 4.02. The Morgan fingerprint density at radius 3 is 2.56 bits per heavy atom. The SMILES string of the molecule is CCS(=O)(=O)N1CC[NH+](CC2CC=CCC2)CC1. The van der Waals surface area contributed by atoms with E-state index >= 15 is 0 Å². The summed E-state index contributed by atoms with van der Waals surface area (Å²) in [6, 6.07) is 0. The Hall–Kier alpha value is -0.390. The van der Waals surface area contributed by atoms with Crippen molar-refractivity contribution in [2.75, 3.05) is 38.5 Å². The third-order valence-electron chi connectivity index (χ3n) is 4.14. The molecule has 0 aromatic heterocycles. The van der Waals surface area contributed by atoms with E-state index in [2.05, 4.69) is 12.2 Å². The van der Waals surface area contributed by atoms with Gasteiger partial charge >= 0.3 is 0 Å². The molecule has 0 aromatic carbocycles. The molecule has 18 heavy (non-hydrogen) atoms. The van der Waals surface area contributed by atoms with Crippen LogP contribution in [0.4, 0.5) is 0 Å². The maximum atomic E-state index is 11.8. The predicted molar refractivity (Wildman–Crippen MR) is 73.1 cm³/mol. The van der Waals surface area contributed by atoms with Gasteiger partial charge in [-0.1, -0.05) is 12.2 Å². The van der Waals surface area contributed by atoms with Crippen molar-refractivity contribution < 1.29 is 13.3 Å². The van der Waals surface area contributed by atoms with Crippen LogP contribution in [-0.4, -0.2) is 51.2 Å². The van der Waals surface area contributed by atoms with Crippen LogP contribution in [0.5, 0.6) is 0 Å². The minimum atomic E-state index is -2.97. The van der Waals surface area contributed by atoms with Gasteiger partial charge < -0.3 is 4.90 Å². The standard InChI is InChI=1S/C13H24N2O2S/c1-2-18(16,17)15-10-8-14(9-11-15)12-13-6-4-3-5-7-13/h3-4,13H,2,5-12H2,1H3/p+1. The number of piperazine rings is 1. The molecule has 0 radical (unpaired) electrons. The molecular weight excluding hydrogens is 248 g/mol. The van der Waals surface area contributed by atoms with E-state index in [4.69, 9.17) is 0 Å². The van der Waals surface area contributed by atoms with Gasteiger partial charge in [0, 0.05) is 5.92 Å². The first kappa shape index (κ1) is 14.0. The van der Waals surface area contributed by atoms with Gasteiger partial charge in [-0.05, 0) is 26.2 Å². The molecule has 1 atom stereocenters. The molecule has 1 aliphatic heterocycles. The minimum absolute atomic E-state index is 0.232. The van der Waals surface area contributed by atoms with E-state index in [0.717, 1.165) is 19.0 Å². The number of hydrogen-bond acceptors (Lipinski definition) is 2. The van der Waals surface area contributed by atoms with Crippen LogP contribution in [0.1, 0.15) is 26.2 Å². The Morgan fingerprint density at radius 2 is 2.00 bits per heavy atom. The number of nitrogens with zero attached hydrogens (tertiary/aromatic N) is 1. The molecule has 104 valence electrons. The van der Waals surface area contributed by atoms with Gasteiger partial charge in [0.15, 0.2) is 0 Å². The summed E-state index contributed by atoms with van der Waals surface area (Å²) in [7, 11) is -2.97. The van der Waals surface area contributed by atoms with Crippen molar-refractivity contribution in [2.24, 2.45) is 5.92 Å². The van der Waals surface area contributed by atoms with Gasteiger partial charge in [0.2, 0.25) is 10.0 Å². The minimum Gasteiger partial charge on any atom is -0.333 e. The van der Waals surface area contributed by atoms with Crippen LogP contribution in [0.2, 0.25) is 0 Å². The fraction of sp³-hybridized carbons (Fsp3) is 0.846. The first-order valence-electron chi connectivity index (χ1n) is 7.08. The average Bonchev–Trinajstić information content (AvgIpc) is 2.40. The first-order chi connectivity index (χ1) is 8.62. The van der Waals surface area contributed by atoms with Crippen molar-refractivity contribution >= 4 is 10.0 Å². The zero-order valence-electron chi connectivity index (χ0n) is 11.3. The molecule has 0 amide bonds. The normalized spacial score (nSPS) is 27.5. The number of sulfonamides is 1. The molecule has 2 aliphatic rings. The summed E-state index contributed by atoms with van der Waals surface area (Å²) in [5.41, 5.74) is 0. The van der Waals surface area contributed by atoms with Crippen molar-refractivity contribution in [3.05, 3.63) is 12.2 Å². The summed E-state index contributed by atoms with van der Waals surface area (Å²) < 4.78 is 25.2. The molecule has 1 saturated heterocycles. The summed E-state index contributed by atoms with van der Waals surface area (Å²) in [5, 5.41) is 0. The second-order valence-electron chi connectivity index (χ2n) is 5.40. The highest BCUT2D eigenvalue weighted by Gasteiger charge is 2.28. The second-order valence-corrected chi connectivity index (χ2v) is 7.66. The third kappa shape index (κ3) is 3.56. The lowest BCUT2D eigenvalue weighted by Crippen LogP contribution is -3.15. The van der Waals surface area contributed by atoms with Crippen LogP contribution in [0.25, 0.3) is 0 Å². The zero-order valence-corrected chi connectivity index (χ0v) is 12.1. The summed E-state index contributed by atoms with van der Waals surface area (Å²) in [5.74, 6) is 1.04. The van der Waals surface area contributed by atoms with Crippen molar-refractivity contribution in [2.45, 2.75) is 26.2 Å². The van der Waals surface area contributed by atoms with E-state index in [9.17, 15) is 8.42 Å². The zero-order chi connectivity index (χ0) is 13.0. The van der Waals surface area contributed by atoms with E-state index < -0.39 is 10.0 Å². The van der Waals surface area contributed by atoms with Crippen LogP contribution in [0.3, 0.4) is 0 Å². The van der Waals surface area contributed by atoms with Gasteiger partial charge in [-0.25, -0.2) is 8.42 Å². The molecular formula is C13H25N2O2S+. The molecule has 2 rings (SSSR count). The van der Waals surface area contributed by atoms with Gasteiger partial charge in [-0.3, -0.25) is 0 Å². The lowest BCUT2D eigenvalue weighted by atomic mass is 9.94. The molecule has 1 unspecified atom stereocenters. The van der Waals surface area contributed by atoms with E-state index in [1.165, 1.54) is 25.8 Å². The first-order valence-corrected chi connectivity index (χ1v) is 8.69. The predicted octanol–water partition coefficient (Wildman–Crippen LogP) is -0.107. The van der Waals surface area contributed by atoms with Crippen LogP contribution in [-0.2, 0) is 10.0 Å². The molecule has 5 heteroatoms. The molecule has 1 heterocycles. The van der Waals surface area contributed by atoms with Crippen molar-refractivity contribution in [3.63, 3.8) is 0 Å². The topological polar surface area (TPSA) is 41.8 Å². The van der Waals surface area contributed by atoms with E-state index in [0.29, 0.717) is 13.1 Å². The lowest BCUT2D eigenvalue weighted by molar-refractivity contribution is -0.907.